The van der Waals surface area contributed by atoms with Crippen molar-refractivity contribution >= 4 is 0 Å². The third kappa shape index (κ3) is 1.64. The number of rotatable bonds is 1. The van der Waals surface area contributed by atoms with E-state index in [0.29, 0.717) is 13.2 Å². The number of fused-ring (bicyclic) bond motifs is 2. The zero-order valence-corrected chi connectivity index (χ0v) is 13.8. The number of aliphatic hydroxyl groups is 1. The molecule has 0 radical (unpaired) electrons. The van der Waals surface area contributed by atoms with Gasteiger partial charge in [0.25, 0.3) is 0 Å². The van der Waals surface area contributed by atoms with Crippen LogP contribution in [-0.4, -0.2) is 55.4 Å². The summed E-state index contributed by atoms with van der Waals surface area (Å²) in [6.45, 7) is 1.07. The van der Waals surface area contributed by atoms with E-state index < -0.39 is 11.2 Å². The van der Waals surface area contributed by atoms with Crippen LogP contribution in [0.25, 0.3) is 0 Å². The summed E-state index contributed by atoms with van der Waals surface area (Å²) in [6, 6.07) is 4.10. The molecule has 4 atom stereocenters. The summed E-state index contributed by atoms with van der Waals surface area (Å²) in [6.07, 6.45) is 4.98. The van der Waals surface area contributed by atoms with Gasteiger partial charge in [-0.25, -0.2) is 0 Å². The van der Waals surface area contributed by atoms with Crippen LogP contribution in [0, 0.1) is 0 Å². The molecule has 1 saturated heterocycles. The molecule has 1 aromatic carbocycles. The molecule has 3 aliphatic heterocycles. The van der Waals surface area contributed by atoms with Crippen molar-refractivity contribution in [2.24, 2.45) is 0 Å². The highest BCUT2D eigenvalue weighted by Gasteiger charge is 2.66. The van der Waals surface area contributed by atoms with Gasteiger partial charge in [-0.05, 0) is 36.7 Å². The van der Waals surface area contributed by atoms with Crippen molar-refractivity contribution in [2.75, 3.05) is 27.5 Å². The van der Waals surface area contributed by atoms with Gasteiger partial charge in [-0.15, -0.1) is 0 Å². The number of hydrogen-bond donors (Lipinski definition) is 1. The van der Waals surface area contributed by atoms with Gasteiger partial charge >= 0.3 is 0 Å². The molecule has 6 heteroatoms. The topological polar surface area (TPSA) is 60.4 Å². The predicted molar refractivity (Wildman–Crippen MR) is 85.0 cm³/mol. The molecule has 3 unspecified atom stereocenters. The average molecular weight is 331 g/mol. The fourth-order valence-corrected chi connectivity index (χ4v) is 4.86. The molecule has 3 heterocycles. The van der Waals surface area contributed by atoms with E-state index in [-0.39, 0.29) is 18.9 Å². The Morgan fingerprint density at radius 1 is 1.29 bits per heavy atom. The second-order valence-corrected chi connectivity index (χ2v) is 7.10. The van der Waals surface area contributed by atoms with Crippen molar-refractivity contribution in [3.63, 3.8) is 0 Å². The molecule has 6 nitrogen and oxygen atoms in total. The van der Waals surface area contributed by atoms with Crippen molar-refractivity contribution < 1.29 is 24.1 Å². The van der Waals surface area contributed by atoms with Crippen LogP contribution in [0.5, 0.6) is 11.5 Å². The second-order valence-electron chi connectivity index (χ2n) is 7.10. The number of β-amino-alcohol motifs (C(OH)–C–C–N with tert-alkyl or cyclic N) is 1. The maximum Gasteiger partial charge on any atom is 0.231 e. The standard InChI is InChI=1S/C18H21NO5/c1-19-9-18(20)17(4-3-12(21-2)6-16(17)19)13-7-15-14(22-10-23-15)5-11(13)8-24-18/h3-5,7,12,16,20H,6,8-10H2,1-2H3/t12?,16?,17?,18-/m1/s1. The molecule has 1 spiro atoms. The Hall–Kier alpha value is -1.60. The minimum absolute atomic E-state index is 0.0461. The Morgan fingerprint density at radius 3 is 2.88 bits per heavy atom. The summed E-state index contributed by atoms with van der Waals surface area (Å²) in [5.74, 6) is 0.238. The van der Waals surface area contributed by atoms with Crippen LogP contribution in [0.4, 0.5) is 0 Å². The van der Waals surface area contributed by atoms with Crippen molar-refractivity contribution in [3.8, 4) is 11.5 Å². The first-order chi connectivity index (χ1) is 11.6. The van der Waals surface area contributed by atoms with Crippen LogP contribution < -0.4 is 9.47 Å². The molecule has 5 rings (SSSR count). The van der Waals surface area contributed by atoms with E-state index in [9.17, 15) is 5.11 Å². The van der Waals surface area contributed by atoms with Crippen molar-refractivity contribution in [2.45, 2.75) is 36.4 Å². The monoisotopic (exact) mass is 331 g/mol. The molecular formula is C18H21NO5. The molecular weight excluding hydrogens is 310 g/mol. The zero-order chi connectivity index (χ0) is 16.5. The fourth-order valence-electron chi connectivity index (χ4n) is 4.86. The van der Waals surface area contributed by atoms with Gasteiger partial charge in [0, 0.05) is 13.2 Å². The van der Waals surface area contributed by atoms with E-state index in [1.807, 2.05) is 25.3 Å². The normalized spacial score (nSPS) is 39.5. The van der Waals surface area contributed by atoms with E-state index in [1.54, 1.807) is 7.11 Å². The van der Waals surface area contributed by atoms with Crippen molar-refractivity contribution in [1.29, 1.82) is 0 Å². The van der Waals surface area contributed by atoms with Crippen LogP contribution >= 0.6 is 0 Å². The van der Waals surface area contributed by atoms with Gasteiger partial charge in [-0.2, -0.15) is 0 Å². The minimum Gasteiger partial charge on any atom is -0.454 e. The largest absolute Gasteiger partial charge is 0.454 e. The molecule has 128 valence electrons. The molecule has 0 aromatic heterocycles. The molecule has 1 aromatic rings. The van der Waals surface area contributed by atoms with Gasteiger partial charge in [0.2, 0.25) is 6.79 Å². The van der Waals surface area contributed by atoms with Crippen LogP contribution in [0.15, 0.2) is 24.3 Å². The number of methoxy groups -OCH3 is 1. The quantitative estimate of drug-likeness (QED) is 0.780. The maximum absolute atomic E-state index is 11.4. The first-order valence-electron chi connectivity index (χ1n) is 8.29. The SMILES string of the molecule is COC1C=CC23c4cc5c(cc4CO[C@]2(O)CN(C)C3C1)OCO5. The number of ether oxygens (including phenoxy) is 4. The number of likely N-dealkylation sites (tertiary alicyclic amines) is 1. The molecule has 0 bridgehead atoms. The molecule has 1 aliphatic carbocycles. The summed E-state index contributed by atoms with van der Waals surface area (Å²) in [5, 5.41) is 11.4. The highest BCUT2D eigenvalue weighted by atomic mass is 16.7. The van der Waals surface area contributed by atoms with Crippen LogP contribution in [-0.2, 0) is 21.5 Å². The Balaban J connectivity index is 1.74. The van der Waals surface area contributed by atoms with E-state index >= 15 is 0 Å². The molecule has 24 heavy (non-hydrogen) atoms. The van der Waals surface area contributed by atoms with Crippen molar-refractivity contribution in [3.05, 3.63) is 35.4 Å². The van der Waals surface area contributed by atoms with Gasteiger partial charge in [-0.3, -0.25) is 4.90 Å². The molecule has 0 amide bonds. The lowest BCUT2D eigenvalue weighted by molar-refractivity contribution is -0.236. The van der Waals surface area contributed by atoms with Gasteiger partial charge in [0.15, 0.2) is 17.3 Å². The molecule has 0 saturated carbocycles. The predicted octanol–water partition coefficient (Wildman–Crippen LogP) is 1.16. The van der Waals surface area contributed by atoms with Gasteiger partial charge in [0.05, 0.1) is 24.7 Å². The van der Waals surface area contributed by atoms with E-state index in [2.05, 4.69) is 11.0 Å². The Morgan fingerprint density at radius 2 is 2.08 bits per heavy atom. The van der Waals surface area contributed by atoms with Crippen molar-refractivity contribution in [1.82, 2.24) is 4.90 Å². The lowest BCUT2D eigenvalue weighted by Gasteiger charge is -2.49. The first kappa shape index (κ1) is 14.7. The van der Waals surface area contributed by atoms with E-state index in [1.165, 1.54) is 0 Å². The average Bonchev–Trinajstić information content (AvgIpc) is 3.13. The summed E-state index contributed by atoms with van der Waals surface area (Å²) < 4.78 is 22.6. The molecule has 4 aliphatic rings. The third-order valence-electron chi connectivity index (χ3n) is 6.01. The smallest absolute Gasteiger partial charge is 0.231 e. The highest BCUT2D eigenvalue weighted by Crippen LogP contribution is 2.56. The number of benzene rings is 1. The van der Waals surface area contributed by atoms with Crippen LogP contribution in [0.2, 0.25) is 0 Å². The number of nitrogens with zero attached hydrogens (tertiary/aromatic N) is 1. The first-order valence-corrected chi connectivity index (χ1v) is 8.29. The fraction of sp³-hybridized carbons (Fsp3) is 0.556. The van der Waals surface area contributed by atoms with Crippen LogP contribution in [0.1, 0.15) is 17.5 Å². The summed E-state index contributed by atoms with van der Waals surface area (Å²) >= 11 is 0. The Kier molecular flexibility index (Phi) is 2.90. The van der Waals surface area contributed by atoms with Gasteiger partial charge in [0.1, 0.15) is 0 Å². The third-order valence-corrected chi connectivity index (χ3v) is 6.01. The molecule has 1 N–H and O–H groups in total. The van der Waals surface area contributed by atoms with E-state index in [0.717, 1.165) is 29.0 Å². The van der Waals surface area contributed by atoms with E-state index in [4.69, 9.17) is 18.9 Å². The summed E-state index contributed by atoms with van der Waals surface area (Å²) in [7, 11) is 3.75. The zero-order valence-electron chi connectivity index (χ0n) is 13.8. The van der Waals surface area contributed by atoms with Crippen LogP contribution in [0.3, 0.4) is 0 Å². The van der Waals surface area contributed by atoms with Gasteiger partial charge in [-0.1, -0.05) is 12.2 Å². The number of hydrogen-bond acceptors (Lipinski definition) is 6. The number of likely N-dealkylation sites (N-methyl/N-ethyl adjacent to an activating group) is 1. The highest BCUT2D eigenvalue weighted by molar-refractivity contribution is 5.56. The lowest BCUT2D eigenvalue weighted by atomic mass is 9.64. The minimum atomic E-state index is -1.25. The molecule has 1 fully saturated rings. The maximum atomic E-state index is 11.4. The second kappa shape index (κ2) is 4.73. The Labute approximate surface area is 140 Å². The summed E-state index contributed by atoms with van der Waals surface area (Å²) in [5.41, 5.74) is 1.50. The lowest BCUT2D eigenvalue weighted by Crippen LogP contribution is -2.59. The Bertz CT molecular complexity index is 734. The summed E-state index contributed by atoms with van der Waals surface area (Å²) in [4.78, 5) is 2.18. The van der Waals surface area contributed by atoms with Gasteiger partial charge < -0.3 is 24.1 Å².